The zero-order valence-electron chi connectivity index (χ0n) is 17.6. The highest BCUT2D eigenvalue weighted by Crippen LogP contribution is 2.31. The monoisotopic (exact) mass is 614 g/mol. The van der Waals surface area contributed by atoms with Crippen molar-refractivity contribution in [2.75, 3.05) is 13.2 Å². The minimum atomic E-state index is -5.16. The molecule has 24 heteroatoms. The first-order valence-corrected chi connectivity index (χ1v) is 14.9. The van der Waals surface area contributed by atoms with Gasteiger partial charge in [-0.15, -0.1) is 0 Å². The number of ether oxygens (including phenoxy) is 3. The molecule has 2 fully saturated rings. The van der Waals surface area contributed by atoms with Crippen molar-refractivity contribution in [2.24, 2.45) is 0 Å². The first-order chi connectivity index (χ1) is 16.2. The first-order valence-electron chi connectivity index (χ1n) is 9.40. The minimum Gasteiger partial charge on any atom is -0.366 e. The van der Waals surface area contributed by atoms with Gasteiger partial charge in [-0.25, -0.2) is 16.7 Å². The summed E-state index contributed by atoms with van der Waals surface area (Å²) in [5.74, 6) is 0. The van der Waals surface area contributed by atoms with E-state index in [9.17, 15) is 38.8 Å². The fraction of sp³-hybridized carbons (Fsp3) is 1.00. The molecule has 0 aromatic rings. The van der Waals surface area contributed by atoms with Gasteiger partial charge in [0.05, 0.1) is 25.4 Å². The molecule has 2 aliphatic heterocycles. The van der Waals surface area contributed by atoms with Crippen LogP contribution in [0.2, 0.25) is 0 Å². The van der Waals surface area contributed by atoms with Gasteiger partial charge in [0.25, 0.3) is 0 Å². The fourth-order valence-corrected chi connectivity index (χ4v) is 4.81. The summed E-state index contributed by atoms with van der Waals surface area (Å²) < 4.78 is 156. The molecule has 20 nitrogen and oxygen atoms in total. The molecule has 5 N–H and O–H groups in total. The Balaban J connectivity index is 2.28. The van der Waals surface area contributed by atoms with Crippen molar-refractivity contribution in [3.63, 3.8) is 0 Å². The van der Waals surface area contributed by atoms with Crippen LogP contribution >= 0.6 is 0 Å². The molecule has 7 atom stereocenters. The van der Waals surface area contributed by atoms with Crippen LogP contribution in [0.5, 0.6) is 0 Å². The van der Waals surface area contributed by atoms with E-state index < -0.39 is 104 Å². The maximum Gasteiger partial charge on any atom is 0.397 e. The number of hydrogen-bond acceptors (Lipinski definition) is 16. The zero-order chi connectivity index (χ0) is 27.5. The standard InChI is InChI=1S/C12H22O20S4/c13-11-9(32-36(23,24)25)3-8(10(29-11)5-27-34(17,18)19)30-12-7(31-35(20,21)22)2-1-6(28-12)4-26-33(14,15)16/h6-13H,1-5H2,(H,14,15,16)(H,17,18,19)(H,20,21,22)(H,23,24,25)/t6?,7?,8-,9?,10?,11-,12+/m0/s1. The molecule has 2 saturated heterocycles. The predicted molar refractivity (Wildman–Crippen MR) is 106 cm³/mol. The highest BCUT2D eigenvalue weighted by molar-refractivity contribution is 7.81. The minimum absolute atomic E-state index is 0.154. The summed E-state index contributed by atoms with van der Waals surface area (Å²) in [6, 6.07) is 0. The summed E-state index contributed by atoms with van der Waals surface area (Å²) in [6.07, 6.45) is -13.1. The smallest absolute Gasteiger partial charge is 0.366 e. The van der Waals surface area contributed by atoms with Crippen molar-refractivity contribution >= 4 is 41.6 Å². The molecule has 4 unspecified atom stereocenters. The number of rotatable bonds is 12. The molecule has 0 saturated carbocycles. The summed E-state index contributed by atoms with van der Waals surface area (Å²) in [5.41, 5.74) is 0. The van der Waals surface area contributed by atoms with Crippen LogP contribution in [0, 0.1) is 0 Å². The van der Waals surface area contributed by atoms with Gasteiger partial charge in [0.15, 0.2) is 12.6 Å². The van der Waals surface area contributed by atoms with Gasteiger partial charge in [-0.05, 0) is 12.8 Å². The Kier molecular flexibility index (Phi) is 10.5. The van der Waals surface area contributed by atoms with E-state index in [-0.39, 0.29) is 12.8 Å². The average molecular weight is 615 g/mol. The second kappa shape index (κ2) is 12.0. The Morgan fingerprint density at radius 1 is 0.667 bits per heavy atom. The number of aliphatic hydroxyl groups is 1. The Hall–Kier alpha value is -0.680. The van der Waals surface area contributed by atoms with Gasteiger partial charge in [0.1, 0.15) is 18.3 Å². The van der Waals surface area contributed by atoms with E-state index in [4.69, 9.17) is 32.4 Å². The van der Waals surface area contributed by atoms with Crippen LogP contribution in [0.25, 0.3) is 0 Å². The normalized spacial score (nSPS) is 32.9. The highest BCUT2D eigenvalue weighted by Gasteiger charge is 2.45. The molecule has 0 amide bonds. The highest BCUT2D eigenvalue weighted by atomic mass is 32.3. The Morgan fingerprint density at radius 2 is 1.19 bits per heavy atom. The molecule has 36 heavy (non-hydrogen) atoms. The molecule has 214 valence electrons. The molecule has 2 aliphatic rings. The lowest BCUT2D eigenvalue weighted by Gasteiger charge is -2.42. The molecule has 0 aromatic heterocycles. The van der Waals surface area contributed by atoms with E-state index in [2.05, 4.69) is 16.7 Å². The van der Waals surface area contributed by atoms with Gasteiger partial charge in [-0.3, -0.25) is 18.2 Å². The molecule has 2 rings (SSSR count). The van der Waals surface area contributed by atoms with Gasteiger partial charge in [0, 0.05) is 6.42 Å². The van der Waals surface area contributed by atoms with E-state index in [0.29, 0.717) is 0 Å². The first kappa shape index (κ1) is 31.5. The van der Waals surface area contributed by atoms with Crippen molar-refractivity contribution < 1.29 is 87.9 Å². The Bertz CT molecular complexity index is 1160. The third-order valence-corrected chi connectivity index (χ3v) is 6.35. The van der Waals surface area contributed by atoms with Gasteiger partial charge in [-0.2, -0.15) is 33.7 Å². The van der Waals surface area contributed by atoms with Crippen LogP contribution in [0.15, 0.2) is 0 Å². The molecular formula is C12H22O20S4. The molecule has 0 radical (unpaired) electrons. The number of hydrogen-bond donors (Lipinski definition) is 5. The van der Waals surface area contributed by atoms with Crippen molar-refractivity contribution in [2.45, 2.75) is 62.4 Å². The molecule has 0 bridgehead atoms. The van der Waals surface area contributed by atoms with Crippen LogP contribution in [0.3, 0.4) is 0 Å². The zero-order valence-corrected chi connectivity index (χ0v) is 20.8. The molecule has 0 spiro atoms. The molecule has 0 aromatic carbocycles. The summed E-state index contributed by atoms with van der Waals surface area (Å²) in [4.78, 5) is 0. The Labute approximate surface area is 205 Å². The van der Waals surface area contributed by atoms with E-state index >= 15 is 0 Å². The largest absolute Gasteiger partial charge is 0.397 e. The van der Waals surface area contributed by atoms with Crippen molar-refractivity contribution in [3.8, 4) is 0 Å². The van der Waals surface area contributed by atoms with Crippen LogP contribution in [-0.4, -0.2) is 113 Å². The van der Waals surface area contributed by atoms with Gasteiger partial charge in [0.2, 0.25) is 0 Å². The van der Waals surface area contributed by atoms with Crippen LogP contribution in [0.4, 0.5) is 0 Å². The van der Waals surface area contributed by atoms with Crippen LogP contribution in [0.1, 0.15) is 19.3 Å². The molecule has 0 aliphatic carbocycles. The summed E-state index contributed by atoms with van der Waals surface area (Å²) in [7, 11) is -20.2. The second-order valence-corrected chi connectivity index (χ2v) is 11.5. The van der Waals surface area contributed by atoms with E-state index in [1.807, 2.05) is 0 Å². The summed E-state index contributed by atoms with van der Waals surface area (Å²) in [5, 5.41) is 9.94. The second-order valence-electron chi connectivity index (χ2n) is 7.23. The lowest BCUT2D eigenvalue weighted by Crippen LogP contribution is -2.55. The van der Waals surface area contributed by atoms with Crippen molar-refractivity contribution in [3.05, 3.63) is 0 Å². The topological polar surface area (TPSA) is 302 Å². The van der Waals surface area contributed by atoms with Crippen molar-refractivity contribution in [1.29, 1.82) is 0 Å². The van der Waals surface area contributed by atoms with Crippen LogP contribution in [-0.2, 0) is 72.5 Å². The predicted octanol–water partition coefficient (Wildman–Crippen LogP) is -3.00. The van der Waals surface area contributed by atoms with E-state index in [0.717, 1.165) is 0 Å². The number of aliphatic hydroxyl groups excluding tert-OH is 1. The lowest BCUT2D eigenvalue weighted by molar-refractivity contribution is -0.307. The summed E-state index contributed by atoms with van der Waals surface area (Å²) >= 11 is 0. The van der Waals surface area contributed by atoms with E-state index in [1.54, 1.807) is 0 Å². The van der Waals surface area contributed by atoms with E-state index in [1.165, 1.54) is 0 Å². The molecular weight excluding hydrogens is 592 g/mol. The third-order valence-electron chi connectivity index (χ3n) is 4.50. The van der Waals surface area contributed by atoms with Crippen LogP contribution < -0.4 is 0 Å². The quantitative estimate of drug-likeness (QED) is 0.137. The van der Waals surface area contributed by atoms with Gasteiger partial charge in [-0.1, -0.05) is 0 Å². The maximum absolute atomic E-state index is 11.2. The summed E-state index contributed by atoms with van der Waals surface area (Å²) in [6.45, 7) is -1.84. The lowest BCUT2D eigenvalue weighted by atomic mass is 10.0. The average Bonchev–Trinajstić information content (AvgIpc) is 2.66. The maximum atomic E-state index is 11.2. The van der Waals surface area contributed by atoms with Gasteiger partial charge >= 0.3 is 41.6 Å². The fourth-order valence-electron chi connectivity index (χ4n) is 3.20. The van der Waals surface area contributed by atoms with Crippen molar-refractivity contribution in [1.82, 2.24) is 0 Å². The SMILES string of the molecule is O=S(=O)(O)OCC1CCC(OS(=O)(=O)O)[C@@H](O[C@H]2CC(OS(=O)(=O)O)[C@@H](O)OC2COS(=O)(=O)O)O1. The third kappa shape index (κ3) is 11.8. The Morgan fingerprint density at radius 3 is 1.72 bits per heavy atom. The molecule has 2 heterocycles. The van der Waals surface area contributed by atoms with Gasteiger partial charge < -0.3 is 19.3 Å².